The highest BCUT2D eigenvalue weighted by molar-refractivity contribution is 5.52. The molecule has 16 heavy (non-hydrogen) atoms. The lowest BCUT2D eigenvalue weighted by Crippen LogP contribution is -2.24. The van der Waals surface area contributed by atoms with Gasteiger partial charge in [0.2, 0.25) is 0 Å². The molecule has 0 bridgehead atoms. The van der Waals surface area contributed by atoms with Crippen molar-refractivity contribution in [3.05, 3.63) is 35.4 Å². The molecular weight excluding hydrogens is 200 g/mol. The lowest BCUT2D eigenvalue weighted by molar-refractivity contribution is -0.108. The Morgan fingerprint density at radius 1 is 1.38 bits per heavy atom. The van der Waals surface area contributed by atoms with E-state index in [4.69, 9.17) is 0 Å². The monoisotopic (exact) mass is 220 g/mol. The van der Waals surface area contributed by atoms with Gasteiger partial charge in [-0.1, -0.05) is 45.0 Å². The van der Waals surface area contributed by atoms with Gasteiger partial charge >= 0.3 is 0 Å². The van der Waals surface area contributed by atoms with Gasteiger partial charge in [-0.05, 0) is 17.0 Å². The molecule has 0 saturated heterocycles. The van der Waals surface area contributed by atoms with Gasteiger partial charge in [-0.3, -0.25) is 0 Å². The van der Waals surface area contributed by atoms with E-state index >= 15 is 0 Å². The number of carbonyl (C=O) groups is 1. The van der Waals surface area contributed by atoms with Crippen LogP contribution in [-0.4, -0.2) is 18.0 Å². The highest BCUT2D eigenvalue weighted by Crippen LogP contribution is 2.31. The van der Waals surface area contributed by atoms with Crippen molar-refractivity contribution in [2.75, 3.05) is 6.61 Å². The van der Waals surface area contributed by atoms with Crippen LogP contribution in [0, 0.1) is 0 Å². The first kappa shape index (κ1) is 12.9. The van der Waals surface area contributed by atoms with Gasteiger partial charge in [-0.25, -0.2) is 0 Å². The van der Waals surface area contributed by atoms with E-state index in [0.717, 1.165) is 17.4 Å². The van der Waals surface area contributed by atoms with Gasteiger partial charge < -0.3 is 9.90 Å². The zero-order chi connectivity index (χ0) is 12.2. The summed E-state index contributed by atoms with van der Waals surface area (Å²) in [5.41, 5.74) is 2.04. The van der Waals surface area contributed by atoms with Crippen LogP contribution in [0.2, 0.25) is 0 Å². The number of aldehydes is 1. The number of aliphatic hydroxyl groups is 1. The first-order chi connectivity index (χ1) is 7.53. The summed E-state index contributed by atoms with van der Waals surface area (Å²) in [5, 5.41) is 9.41. The standard InChI is InChI=1S/C14H20O2/c1-11(8-9-15)12-6-4-5-7-13(12)14(2,3)10-16/h4-7,9,11,16H,8,10H2,1-3H3. The van der Waals surface area contributed by atoms with Crippen LogP contribution in [0.25, 0.3) is 0 Å². The normalized spacial score (nSPS) is 13.5. The van der Waals surface area contributed by atoms with Gasteiger partial charge in [0.05, 0.1) is 6.61 Å². The zero-order valence-electron chi connectivity index (χ0n) is 10.2. The fraction of sp³-hybridized carbons (Fsp3) is 0.500. The molecule has 0 aliphatic heterocycles. The molecule has 88 valence electrons. The zero-order valence-corrected chi connectivity index (χ0v) is 10.2. The lowest BCUT2D eigenvalue weighted by Gasteiger charge is -2.27. The summed E-state index contributed by atoms with van der Waals surface area (Å²) in [6.07, 6.45) is 1.48. The number of carbonyl (C=O) groups excluding carboxylic acids is 1. The molecule has 0 fully saturated rings. The van der Waals surface area contributed by atoms with E-state index in [1.807, 2.05) is 45.0 Å². The summed E-state index contributed by atoms with van der Waals surface area (Å²) < 4.78 is 0. The van der Waals surface area contributed by atoms with Crippen molar-refractivity contribution in [3.8, 4) is 0 Å². The first-order valence-electron chi connectivity index (χ1n) is 5.67. The Balaban J connectivity index is 3.14. The highest BCUT2D eigenvalue weighted by Gasteiger charge is 2.24. The molecule has 1 aromatic carbocycles. The van der Waals surface area contributed by atoms with Crippen LogP contribution in [0.4, 0.5) is 0 Å². The predicted molar refractivity (Wildman–Crippen MR) is 65.6 cm³/mol. The van der Waals surface area contributed by atoms with E-state index in [9.17, 15) is 9.90 Å². The molecule has 0 saturated carbocycles. The van der Waals surface area contributed by atoms with Gasteiger partial charge in [-0.15, -0.1) is 0 Å². The maximum atomic E-state index is 10.6. The van der Waals surface area contributed by atoms with Crippen molar-refractivity contribution >= 4 is 6.29 Å². The number of rotatable bonds is 5. The molecule has 0 aromatic heterocycles. The molecule has 1 aromatic rings. The molecule has 1 atom stereocenters. The second kappa shape index (κ2) is 5.26. The Morgan fingerprint density at radius 2 is 2.00 bits per heavy atom. The SMILES string of the molecule is CC(CC=O)c1ccccc1C(C)(C)CO. The molecule has 2 nitrogen and oxygen atoms in total. The first-order valence-corrected chi connectivity index (χ1v) is 5.67. The molecule has 0 aliphatic rings. The highest BCUT2D eigenvalue weighted by atomic mass is 16.3. The molecular formula is C14H20O2. The topological polar surface area (TPSA) is 37.3 Å². The lowest BCUT2D eigenvalue weighted by atomic mass is 9.79. The van der Waals surface area contributed by atoms with Gasteiger partial charge in [-0.2, -0.15) is 0 Å². The van der Waals surface area contributed by atoms with E-state index in [0.29, 0.717) is 6.42 Å². The molecule has 0 spiro atoms. The van der Waals surface area contributed by atoms with Gasteiger partial charge in [0.15, 0.2) is 0 Å². The Morgan fingerprint density at radius 3 is 2.56 bits per heavy atom. The van der Waals surface area contributed by atoms with Crippen molar-refractivity contribution < 1.29 is 9.90 Å². The third-order valence-electron chi connectivity index (χ3n) is 3.07. The smallest absolute Gasteiger partial charge is 0.120 e. The van der Waals surface area contributed by atoms with Crippen molar-refractivity contribution in [1.82, 2.24) is 0 Å². The second-order valence-corrected chi connectivity index (χ2v) is 4.93. The number of hydrogen-bond acceptors (Lipinski definition) is 2. The summed E-state index contributed by atoms with van der Waals surface area (Å²) in [7, 11) is 0. The van der Waals surface area contributed by atoms with E-state index in [2.05, 4.69) is 0 Å². The summed E-state index contributed by atoms with van der Waals surface area (Å²) >= 11 is 0. The van der Waals surface area contributed by atoms with Gasteiger partial charge in [0.1, 0.15) is 6.29 Å². The van der Waals surface area contributed by atoms with Crippen LogP contribution < -0.4 is 0 Å². The molecule has 0 aliphatic carbocycles. The number of benzene rings is 1. The third kappa shape index (κ3) is 2.70. The molecule has 1 unspecified atom stereocenters. The maximum Gasteiger partial charge on any atom is 0.120 e. The maximum absolute atomic E-state index is 10.6. The molecule has 2 heteroatoms. The summed E-state index contributed by atoms with van der Waals surface area (Å²) in [4.78, 5) is 10.6. The van der Waals surface area contributed by atoms with E-state index in [1.165, 1.54) is 0 Å². The Bertz CT molecular complexity index is 356. The Kier molecular flexibility index (Phi) is 4.25. The van der Waals surface area contributed by atoms with E-state index in [1.54, 1.807) is 0 Å². The Labute approximate surface area is 97.3 Å². The van der Waals surface area contributed by atoms with Crippen LogP contribution in [0.1, 0.15) is 44.2 Å². The number of aliphatic hydroxyl groups excluding tert-OH is 1. The largest absolute Gasteiger partial charge is 0.395 e. The van der Waals surface area contributed by atoms with Crippen LogP contribution in [-0.2, 0) is 10.2 Å². The second-order valence-electron chi connectivity index (χ2n) is 4.93. The predicted octanol–water partition coefficient (Wildman–Crippen LogP) is 2.65. The van der Waals surface area contributed by atoms with Crippen molar-refractivity contribution in [2.24, 2.45) is 0 Å². The average molecular weight is 220 g/mol. The van der Waals surface area contributed by atoms with Crippen LogP contribution in [0.15, 0.2) is 24.3 Å². The summed E-state index contributed by atoms with van der Waals surface area (Å²) in [6, 6.07) is 8.03. The van der Waals surface area contributed by atoms with Crippen LogP contribution >= 0.6 is 0 Å². The third-order valence-corrected chi connectivity index (χ3v) is 3.07. The molecule has 0 radical (unpaired) electrons. The molecule has 0 heterocycles. The molecule has 1 N–H and O–H groups in total. The quantitative estimate of drug-likeness (QED) is 0.774. The fourth-order valence-electron chi connectivity index (χ4n) is 1.90. The summed E-state index contributed by atoms with van der Waals surface area (Å²) in [5.74, 6) is 0.208. The molecule has 1 rings (SSSR count). The van der Waals surface area contributed by atoms with Gasteiger partial charge in [0, 0.05) is 11.8 Å². The minimum atomic E-state index is -0.256. The van der Waals surface area contributed by atoms with Crippen LogP contribution in [0.3, 0.4) is 0 Å². The van der Waals surface area contributed by atoms with Gasteiger partial charge in [0.25, 0.3) is 0 Å². The minimum absolute atomic E-state index is 0.109. The minimum Gasteiger partial charge on any atom is -0.395 e. The van der Waals surface area contributed by atoms with Crippen molar-refractivity contribution in [1.29, 1.82) is 0 Å². The van der Waals surface area contributed by atoms with Crippen LogP contribution in [0.5, 0.6) is 0 Å². The Hall–Kier alpha value is -1.15. The molecule has 0 amide bonds. The van der Waals surface area contributed by atoms with Crippen molar-refractivity contribution in [2.45, 2.75) is 38.5 Å². The van der Waals surface area contributed by atoms with E-state index < -0.39 is 0 Å². The van der Waals surface area contributed by atoms with E-state index in [-0.39, 0.29) is 17.9 Å². The summed E-state index contributed by atoms with van der Waals surface area (Å²) in [6.45, 7) is 6.18. The number of hydrogen-bond donors (Lipinski definition) is 1. The average Bonchev–Trinajstić information content (AvgIpc) is 2.29. The fourth-order valence-corrected chi connectivity index (χ4v) is 1.90. The van der Waals surface area contributed by atoms with Crippen molar-refractivity contribution in [3.63, 3.8) is 0 Å².